The van der Waals surface area contributed by atoms with Crippen LogP contribution in [-0.2, 0) is 52.4 Å². The molecule has 0 aliphatic rings. The largest absolute Gasteiger partial charge is 0.459 e. The van der Waals surface area contributed by atoms with Gasteiger partial charge in [-0.3, -0.25) is 4.18 Å². The third-order valence-electron chi connectivity index (χ3n) is 11.8. The molecule has 0 radical (unpaired) electrons. The fourth-order valence-electron chi connectivity index (χ4n) is 7.21. The lowest BCUT2D eigenvalue weighted by Gasteiger charge is -2.30. The number of aryl methyl sites for hydroxylation is 6. The minimum Gasteiger partial charge on any atom is -0.459 e. The molecule has 6 rings (SSSR count). The number of benzene rings is 6. The van der Waals surface area contributed by atoms with Gasteiger partial charge < -0.3 is 43.2 Å². The van der Waals surface area contributed by atoms with Crippen LogP contribution in [0.3, 0.4) is 0 Å². The predicted molar refractivity (Wildman–Crippen MR) is 301 cm³/mol. The first-order chi connectivity index (χ1) is 39.0. The number of hydrogen-bond donors (Lipinski definition) is 1. The van der Waals surface area contributed by atoms with Crippen molar-refractivity contribution in [3.8, 4) is 0 Å². The zero-order valence-electron chi connectivity index (χ0n) is 46.6. The van der Waals surface area contributed by atoms with Gasteiger partial charge in [0.25, 0.3) is 10.1 Å². The summed E-state index contributed by atoms with van der Waals surface area (Å²) in [5.74, 6) is -4.73. The molecule has 0 aliphatic heterocycles. The van der Waals surface area contributed by atoms with Gasteiger partial charge in [-0.25, -0.2) is 28.8 Å². The van der Waals surface area contributed by atoms with Gasteiger partial charge >= 0.3 is 35.8 Å². The maximum Gasteiger partial charge on any atom is 0.338 e. The molecule has 6 aromatic rings. The van der Waals surface area contributed by atoms with Crippen molar-refractivity contribution >= 4 is 58.4 Å². The molecule has 82 heavy (non-hydrogen) atoms. The standard InChI is InChI=1S/C31H33NO10S.C30H31NO8/c1-20-6-12-23(13-7-20)29(33)39-19-27(42-43(5,36)37)28(41-31(35)25-16-10-22(3)11-17-25)26(18-32-38-4)40-30(34)24-14-8-21(2)9-15-24;1-19-5-11-22(12-6-19)28(33)37-18-25(32)27(39-30(35)24-15-9-21(3)10-16-24)26(17-31-36-4)38-29(34)23-13-7-20(2)8-14-23/h6-18,26-28H,19H2,1-5H3;5-17,25-27,32H,18H2,1-4H3/b32-18+;31-17+/t26-,27-,28+;25-,26-,27-/m00/s1. The van der Waals surface area contributed by atoms with E-state index < -0.39 is 95.8 Å². The SMILES string of the molecule is CO/N=C/[C@H](OC(=O)c1ccc(C)cc1)[C@@H](OC(=O)c1ccc(C)cc1)[C@@H](O)COC(=O)c1ccc(C)cc1.CO/N=C/[C@H](OC(=O)c1ccc(C)cc1)[C@@H](OC(=O)c1ccc(C)cc1)[C@H](COC(=O)c1ccc(C)cc1)OS(C)(=O)=O. The molecule has 0 unspecified atom stereocenters. The third-order valence-corrected chi connectivity index (χ3v) is 12.4. The van der Waals surface area contributed by atoms with Crippen molar-refractivity contribution in [1.82, 2.24) is 0 Å². The number of aliphatic hydroxyl groups is 1. The smallest absolute Gasteiger partial charge is 0.338 e. The maximum absolute atomic E-state index is 13.2. The molecule has 432 valence electrons. The Kier molecular flexibility index (Phi) is 24.2. The van der Waals surface area contributed by atoms with E-state index in [1.807, 2.05) is 41.5 Å². The molecule has 6 aromatic carbocycles. The average molecular weight is 1150 g/mol. The number of esters is 6. The Morgan fingerprint density at radius 1 is 0.415 bits per heavy atom. The fourth-order valence-corrected chi connectivity index (χ4v) is 7.83. The highest BCUT2D eigenvalue weighted by Gasteiger charge is 2.40. The van der Waals surface area contributed by atoms with E-state index in [0.29, 0.717) is 0 Å². The minimum atomic E-state index is -4.23. The van der Waals surface area contributed by atoms with Gasteiger partial charge in [0.05, 0.1) is 52.1 Å². The molecule has 6 atom stereocenters. The summed E-state index contributed by atoms with van der Waals surface area (Å²) in [4.78, 5) is 87.0. The topological polar surface area (TPSA) is 265 Å². The molecule has 21 heteroatoms. The van der Waals surface area contributed by atoms with Crippen LogP contribution in [0.4, 0.5) is 0 Å². The van der Waals surface area contributed by atoms with Gasteiger partial charge in [-0.15, -0.1) is 0 Å². The van der Waals surface area contributed by atoms with Crippen molar-refractivity contribution in [2.75, 3.05) is 33.7 Å². The van der Waals surface area contributed by atoms with Crippen molar-refractivity contribution in [2.24, 2.45) is 10.3 Å². The predicted octanol–water partition coefficient (Wildman–Crippen LogP) is 8.41. The second kappa shape index (κ2) is 31.1. The number of ether oxygens (including phenoxy) is 6. The van der Waals surface area contributed by atoms with Crippen molar-refractivity contribution in [3.05, 3.63) is 212 Å². The van der Waals surface area contributed by atoms with Crippen LogP contribution in [0, 0.1) is 41.5 Å². The number of nitrogens with zero attached hydrogens (tertiary/aromatic N) is 2. The van der Waals surface area contributed by atoms with Crippen molar-refractivity contribution in [2.45, 2.75) is 78.2 Å². The highest BCUT2D eigenvalue weighted by Crippen LogP contribution is 2.22. The van der Waals surface area contributed by atoms with Gasteiger partial charge in [-0.2, -0.15) is 8.42 Å². The molecule has 1 N–H and O–H groups in total. The number of carbonyl (C=O) groups excluding carboxylic acids is 6. The maximum atomic E-state index is 13.2. The molecule has 0 heterocycles. The van der Waals surface area contributed by atoms with Crippen LogP contribution in [0.15, 0.2) is 156 Å². The molecular formula is C61H64N2O18S. The molecule has 0 amide bonds. The monoisotopic (exact) mass is 1140 g/mol. The van der Waals surface area contributed by atoms with Crippen LogP contribution >= 0.6 is 0 Å². The van der Waals surface area contributed by atoms with Crippen molar-refractivity contribution < 1.29 is 84.6 Å². The number of aliphatic hydroxyl groups excluding tert-OH is 1. The van der Waals surface area contributed by atoms with E-state index in [1.54, 1.807) is 109 Å². The summed E-state index contributed by atoms with van der Waals surface area (Å²) >= 11 is 0. The Morgan fingerprint density at radius 3 is 0.963 bits per heavy atom. The summed E-state index contributed by atoms with van der Waals surface area (Å²) in [6.07, 6.45) is -6.50. The average Bonchev–Trinajstić information content (AvgIpc) is 3.49. The zero-order valence-corrected chi connectivity index (χ0v) is 47.4. The van der Waals surface area contributed by atoms with Gasteiger partial charge in [0.2, 0.25) is 0 Å². The van der Waals surface area contributed by atoms with Crippen LogP contribution < -0.4 is 0 Å². The summed E-state index contributed by atoms with van der Waals surface area (Å²) in [5, 5.41) is 18.4. The Morgan fingerprint density at radius 2 is 0.671 bits per heavy atom. The second-order valence-electron chi connectivity index (χ2n) is 18.7. The lowest BCUT2D eigenvalue weighted by Crippen LogP contribution is -2.48. The molecule has 0 spiro atoms. The number of rotatable bonds is 24. The quantitative estimate of drug-likeness (QED) is 0.0196. The van der Waals surface area contributed by atoms with Gasteiger partial charge in [0, 0.05) is 0 Å². The summed E-state index contributed by atoms with van der Waals surface area (Å²) in [6, 6.07) is 39.2. The van der Waals surface area contributed by atoms with E-state index in [1.165, 1.54) is 50.6 Å². The molecule has 0 fully saturated rings. The summed E-state index contributed by atoms with van der Waals surface area (Å²) in [5.41, 5.74) is 6.74. The first-order valence-corrected chi connectivity index (χ1v) is 27.1. The van der Waals surface area contributed by atoms with Crippen LogP contribution in [0.1, 0.15) is 95.5 Å². The Bertz CT molecular complexity index is 3260. The number of hydrogen-bond acceptors (Lipinski definition) is 20. The molecular weight excluding hydrogens is 1080 g/mol. The van der Waals surface area contributed by atoms with Crippen LogP contribution in [0.2, 0.25) is 0 Å². The van der Waals surface area contributed by atoms with E-state index in [-0.39, 0.29) is 33.4 Å². The normalized spacial score (nSPS) is 13.4. The van der Waals surface area contributed by atoms with Gasteiger partial charge in [-0.05, 0) is 114 Å². The molecule has 20 nitrogen and oxygen atoms in total. The molecule has 0 saturated heterocycles. The number of carbonyl (C=O) groups is 6. The van der Waals surface area contributed by atoms with Gasteiger partial charge in [-0.1, -0.05) is 116 Å². The zero-order chi connectivity index (χ0) is 59.9. The molecule has 0 saturated carbocycles. The summed E-state index contributed by atoms with van der Waals surface area (Å²) < 4.78 is 63.1. The second-order valence-corrected chi connectivity index (χ2v) is 20.3. The first kappa shape index (κ1) is 63.8. The van der Waals surface area contributed by atoms with E-state index in [9.17, 15) is 42.3 Å². The van der Waals surface area contributed by atoms with E-state index in [2.05, 4.69) is 10.3 Å². The highest BCUT2D eigenvalue weighted by atomic mass is 32.2. The molecule has 0 aromatic heterocycles. The molecule has 0 bridgehead atoms. The lowest BCUT2D eigenvalue weighted by atomic mass is 10.1. The van der Waals surface area contributed by atoms with Gasteiger partial charge in [0.15, 0.2) is 30.5 Å². The minimum absolute atomic E-state index is 0.123. The summed E-state index contributed by atoms with van der Waals surface area (Å²) in [6.45, 7) is 9.88. The van der Waals surface area contributed by atoms with E-state index in [4.69, 9.17) is 42.3 Å². The lowest BCUT2D eigenvalue weighted by molar-refractivity contribution is -0.0784. The van der Waals surface area contributed by atoms with Crippen molar-refractivity contribution in [1.29, 1.82) is 0 Å². The van der Waals surface area contributed by atoms with E-state index in [0.717, 1.165) is 52.1 Å². The fraction of sp³-hybridized carbons (Fsp3) is 0.279. The number of oxime groups is 2. The van der Waals surface area contributed by atoms with E-state index >= 15 is 0 Å². The highest BCUT2D eigenvalue weighted by molar-refractivity contribution is 7.86. The Labute approximate surface area is 475 Å². The first-order valence-electron chi connectivity index (χ1n) is 25.3. The third kappa shape index (κ3) is 20.6. The van der Waals surface area contributed by atoms with Crippen LogP contribution in [-0.4, -0.2) is 132 Å². The Balaban J connectivity index is 0.000000302. The Hall–Kier alpha value is -9.05. The summed E-state index contributed by atoms with van der Waals surface area (Å²) in [7, 11) is -1.72. The van der Waals surface area contributed by atoms with Gasteiger partial charge in [0.1, 0.15) is 33.5 Å². The van der Waals surface area contributed by atoms with Crippen LogP contribution in [0.25, 0.3) is 0 Å². The van der Waals surface area contributed by atoms with Crippen molar-refractivity contribution in [3.63, 3.8) is 0 Å². The van der Waals surface area contributed by atoms with Crippen LogP contribution in [0.5, 0.6) is 0 Å². The molecule has 0 aliphatic carbocycles.